The Morgan fingerprint density at radius 3 is 2.61 bits per heavy atom. The van der Waals surface area contributed by atoms with Crippen molar-refractivity contribution in [3.63, 3.8) is 0 Å². The Balaban J connectivity index is 1.53. The predicted molar refractivity (Wildman–Crippen MR) is 130 cm³/mol. The maximum atomic E-state index is 13.3. The number of carbonyl (C=O) groups excluding carboxylic acids is 1. The van der Waals surface area contributed by atoms with E-state index < -0.39 is 30.2 Å². The second kappa shape index (κ2) is 11.4. The van der Waals surface area contributed by atoms with Crippen molar-refractivity contribution in [3.05, 3.63) is 52.3 Å². The van der Waals surface area contributed by atoms with Crippen molar-refractivity contribution in [2.75, 3.05) is 11.9 Å². The first kappa shape index (κ1) is 25.5. The van der Waals surface area contributed by atoms with Gasteiger partial charge in [-0.3, -0.25) is 14.3 Å². The second-order valence-electron chi connectivity index (χ2n) is 9.16. The van der Waals surface area contributed by atoms with Crippen molar-refractivity contribution < 1.29 is 19.7 Å². The van der Waals surface area contributed by atoms with Crippen molar-refractivity contribution in [1.82, 2.24) is 29.5 Å². The van der Waals surface area contributed by atoms with Crippen LogP contribution >= 0.6 is 0 Å². The molecule has 0 spiro atoms. The molecule has 0 bridgehead atoms. The van der Waals surface area contributed by atoms with E-state index in [1.165, 1.54) is 21.6 Å². The van der Waals surface area contributed by atoms with Gasteiger partial charge in [0.2, 0.25) is 0 Å². The van der Waals surface area contributed by atoms with Crippen molar-refractivity contribution in [2.45, 2.75) is 64.6 Å². The van der Waals surface area contributed by atoms with E-state index in [-0.39, 0.29) is 24.1 Å². The molecule has 1 aliphatic carbocycles. The number of carbonyl (C=O) groups is 1. The Labute approximate surface area is 208 Å². The first-order valence-electron chi connectivity index (χ1n) is 12.0. The summed E-state index contributed by atoms with van der Waals surface area (Å²) in [7, 11) is 0. The van der Waals surface area contributed by atoms with Crippen LogP contribution in [0.1, 0.15) is 49.5 Å². The second-order valence-corrected chi connectivity index (χ2v) is 9.16. The van der Waals surface area contributed by atoms with Gasteiger partial charge in [0.15, 0.2) is 11.6 Å². The van der Waals surface area contributed by atoms with Crippen LogP contribution in [0.25, 0.3) is 0 Å². The predicted octanol–water partition coefficient (Wildman–Crippen LogP) is 1.75. The molecule has 0 aliphatic heterocycles. The zero-order chi connectivity index (χ0) is 25.7. The van der Waals surface area contributed by atoms with Gasteiger partial charge in [0.05, 0.1) is 25.5 Å². The highest BCUT2D eigenvalue weighted by atomic mass is 16.5. The molecule has 0 radical (unpaired) electrons. The Kier molecular flexibility index (Phi) is 8.06. The summed E-state index contributed by atoms with van der Waals surface area (Å²) in [6, 6.07) is 3.96. The normalized spacial score (nSPS) is 15.6. The Bertz CT molecular complexity index is 1230. The van der Waals surface area contributed by atoms with Crippen LogP contribution in [-0.4, -0.2) is 58.4 Å². The lowest BCUT2D eigenvalue weighted by Crippen LogP contribution is -2.36. The molecule has 1 fully saturated rings. The first-order chi connectivity index (χ1) is 17.3. The zero-order valence-corrected chi connectivity index (χ0v) is 20.4. The molecule has 3 aromatic heterocycles. The van der Waals surface area contributed by atoms with Crippen LogP contribution in [-0.2, 0) is 11.3 Å². The number of anilines is 1. The van der Waals surface area contributed by atoms with Crippen LogP contribution in [0.5, 0.6) is 11.8 Å². The van der Waals surface area contributed by atoms with Gasteiger partial charge in [0, 0.05) is 29.7 Å². The van der Waals surface area contributed by atoms with Crippen molar-refractivity contribution in [2.24, 2.45) is 5.92 Å². The number of hydrogen-bond acceptors (Lipinski definition) is 9. The number of nitrogens with zero attached hydrogens (tertiary/aromatic N) is 6. The summed E-state index contributed by atoms with van der Waals surface area (Å²) >= 11 is 0. The molecule has 3 aromatic rings. The minimum absolute atomic E-state index is 0.0878. The lowest BCUT2D eigenvalue weighted by molar-refractivity contribution is -0.120. The van der Waals surface area contributed by atoms with Gasteiger partial charge in [0.1, 0.15) is 6.04 Å². The van der Waals surface area contributed by atoms with Gasteiger partial charge >= 0.3 is 6.01 Å². The van der Waals surface area contributed by atoms with Crippen LogP contribution in [0.3, 0.4) is 0 Å². The monoisotopic (exact) mass is 497 g/mol. The van der Waals surface area contributed by atoms with E-state index in [0.717, 1.165) is 37.1 Å². The van der Waals surface area contributed by atoms with Gasteiger partial charge in [-0.25, -0.2) is 14.6 Å². The van der Waals surface area contributed by atoms with Gasteiger partial charge in [-0.1, -0.05) is 25.7 Å². The molecule has 2 atom stereocenters. The van der Waals surface area contributed by atoms with E-state index in [0.29, 0.717) is 12.3 Å². The van der Waals surface area contributed by atoms with E-state index >= 15 is 0 Å². The number of nitrogens with one attached hydrogen (secondary N) is 1. The number of aromatic nitrogens is 6. The third-order valence-electron chi connectivity index (χ3n) is 6.10. The highest BCUT2D eigenvalue weighted by molar-refractivity contribution is 5.92. The lowest BCUT2D eigenvalue weighted by Gasteiger charge is -2.21. The number of hydrogen-bond donors (Lipinski definition) is 3. The maximum absolute atomic E-state index is 13.3. The number of aryl methyl sites for hydroxylation is 2. The van der Waals surface area contributed by atoms with Crippen LogP contribution in [0.2, 0.25) is 0 Å². The number of amides is 1. The molecule has 4 rings (SSSR count). The molecule has 36 heavy (non-hydrogen) atoms. The van der Waals surface area contributed by atoms with Gasteiger partial charge in [-0.05, 0) is 32.3 Å². The fourth-order valence-electron chi connectivity index (χ4n) is 4.43. The SMILES string of the molecule is Cc1cc(C)nc(Oc2cnn(C(CC3CCCC3)C(=O)Nc3ccn(CC(O)CO)n3)c(=O)c2)n1. The summed E-state index contributed by atoms with van der Waals surface area (Å²) in [4.78, 5) is 34.7. The molecule has 0 aromatic carbocycles. The van der Waals surface area contributed by atoms with Crippen LogP contribution in [0.15, 0.2) is 35.4 Å². The van der Waals surface area contributed by atoms with E-state index in [4.69, 9.17) is 9.84 Å². The van der Waals surface area contributed by atoms with Gasteiger partial charge in [-0.2, -0.15) is 10.2 Å². The van der Waals surface area contributed by atoms with Crippen molar-refractivity contribution in [1.29, 1.82) is 0 Å². The fourth-order valence-corrected chi connectivity index (χ4v) is 4.43. The number of rotatable bonds is 10. The molecule has 12 nitrogen and oxygen atoms in total. The van der Waals surface area contributed by atoms with Gasteiger partial charge < -0.3 is 20.3 Å². The Morgan fingerprint density at radius 1 is 1.22 bits per heavy atom. The molecule has 2 unspecified atom stereocenters. The Hall–Kier alpha value is -3.64. The summed E-state index contributed by atoms with van der Waals surface area (Å²) < 4.78 is 8.24. The first-order valence-corrected chi connectivity index (χ1v) is 12.0. The summed E-state index contributed by atoms with van der Waals surface area (Å²) in [5.41, 5.74) is 0.993. The average Bonchev–Trinajstić information content (AvgIpc) is 3.49. The topological polar surface area (TPSA) is 157 Å². The van der Waals surface area contributed by atoms with E-state index in [2.05, 4.69) is 25.5 Å². The largest absolute Gasteiger partial charge is 0.422 e. The number of aliphatic hydroxyl groups excluding tert-OH is 2. The van der Waals surface area contributed by atoms with Gasteiger partial charge in [0.25, 0.3) is 11.5 Å². The molecule has 1 saturated carbocycles. The summed E-state index contributed by atoms with van der Waals surface area (Å²) in [6.07, 6.45) is 6.68. The molecule has 12 heteroatoms. The number of aliphatic hydroxyl groups is 2. The minimum atomic E-state index is -0.957. The average molecular weight is 498 g/mol. The summed E-state index contributed by atoms with van der Waals surface area (Å²) in [5.74, 6) is 0.367. The van der Waals surface area contributed by atoms with Crippen LogP contribution in [0.4, 0.5) is 5.82 Å². The fraction of sp³-hybridized carbons (Fsp3) is 0.500. The van der Waals surface area contributed by atoms with Crippen molar-refractivity contribution >= 4 is 11.7 Å². The molecular formula is C24H31N7O5. The van der Waals surface area contributed by atoms with Crippen LogP contribution in [0, 0.1) is 19.8 Å². The molecular weight excluding hydrogens is 466 g/mol. The van der Waals surface area contributed by atoms with Gasteiger partial charge in [-0.15, -0.1) is 0 Å². The molecule has 3 heterocycles. The molecule has 0 saturated heterocycles. The molecule has 3 N–H and O–H groups in total. The highest BCUT2D eigenvalue weighted by Crippen LogP contribution is 2.32. The quantitative estimate of drug-likeness (QED) is 0.379. The molecule has 1 amide bonds. The van der Waals surface area contributed by atoms with E-state index in [1.807, 2.05) is 19.9 Å². The van der Waals surface area contributed by atoms with E-state index in [1.54, 1.807) is 12.3 Å². The smallest absolute Gasteiger partial charge is 0.322 e. The molecule has 1 aliphatic rings. The highest BCUT2D eigenvalue weighted by Gasteiger charge is 2.29. The van der Waals surface area contributed by atoms with E-state index in [9.17, 15) is 14.7 Å². The minimum Gasteiger partial charge on any atom is -0.422 e. The summed E-state index contributed by atoms with van der Waals surface area (Å²) in [6.45, 7) is 3.34. The lowest BCUT2D eigenvalue weighted by atomic mass is 9.98. The zero-order valence-electron chi connectivity index (χ0n) is 20.4. The Morgan fingerprint density at radius 2 is 1.94 bits per heavy atom. The van der Waals surface area contributed by atoms with Crippen LogP contribution < -0.4 is 15.6 Å². The third-order valence-corrected chi connectivity index (χ3v) is 6.10. The third kappa shape index (κ3) is 6.52. The maximum Gasteiger partial charge on any atom is 0.322 e. The van der Waals surface area contributed by atoms with Crippen molar-refractivity contribution in [3.8, 4) is 11.8 Å². The number of ether oxygens (including phenoxy) is 1. The standard InChI is InChI=1S/C24H31N7O5/c1-15-9-16(2)27-24(26-15)36-19-11-22(34)31(25-12-19)20(10-17-5-3-4-6-17)23(35)28-21-7-8-30(29-21)13-18(33)14-32/h7-9,11-12,17-18,20,32-33H,3-6,10,13-14H2,1-2H3,(H,28,29,35). The summed E-state index contributed by atoms with van der Waals surface area (Å²) in [5, 5.41) is 29.9. The molecule has 192 valence electrons.